The van der Waals surface area contributed by atoms with Gasteiger partial charge in [-0.2, -0.15) is 0 Å². The number of carbonyl (C=O) groups is 1. The molecule has 0 spiro atoms. The minimum atomic E-state index is -2.19. The number of hydrogen-bond acceptors (Lipinski definition) is 7. The monoisotopic (exact) mass is 436 g/mol. The zero-order valence-electron chi connectivity index (χ0n) is 18.2. The van der Waals surface area contributed by atoms with Gasteiger partial charge in [0.2, 0.25) is 11.4 Å². The Morgan fingerprint density at radius 1 is 1.06 bits per heavy atom. The van der Waals surface area contributed by atoms with Crippen LogP contribution in [0.2, 0.25) is 0 Å². The van der Waals surface area contributed by atoms with Gasteiger partial charge in [-0.05, 0) is 52.0 Å². The number of Topliss-reactive ketones (excluding diaryl/α,β-unsaturated/α-hetero) is 1. The highest BCUT2D eigenvalue weighted by Gasteiger charge is 2.70. The van der Waals surface area contributed by atoms with Crippen LogP contribution in [-0.2, 0) is 5.79 Å². The van der Waals surface area contributed by atoms with Crippen molar-refractivity contribution in [3.63, 3.8) is 0 Å². The Morgan fingerprint density at radius 3 is 2.53 bits per heavy atom. The Morgan fingerprint density at radius 2 is 1.81 bits per heavy atom. The van der Waals surface area contributed by atoms with E-state index in [4.69, 9.17) is 14.2 Å². The molecule has 0 aliphatic carbocycles. The Kier molecular flexibility index (Phi) is 4.02. The van der Waals surface area contributed by atoms with Crippen LogP contribution in [0.25, 0.3) is 6.08 Å². The fourth-order valence-electron chi connectivity index (χ4n) is 4.46. The molecule has 7 nitrogen and oxygen atoms in total. The Bertz CT molecular complexity index is 1240. The van der Waals surface area contributed by atoms with E-state index < -0.39 is 22.8 Å². The number of aromatic hydroxyl groups is 2. The molecule has 3 N–H and O–H groups in total. The van der Waals surface area contributed by atoms with Crippen LogP contribution in [0, 0.1) is 0 Å². The van der Waals surface area contributed by atoms with Crippen LogP contribution < -0.4 is 14.2 Å². The predicted molar refractivity (Wildman–Crippen MR) is 116 cm³/mol. The molecule has 0 unspecified atom stereocenters. The molecule has 7 heteroatoms. The number of fused-ring (bicyclic) bond motifs is 6. The van der Waals surface area contributed by atoms with Gasteiger partial charge in [0, 0.05) is 18.6 Å². The lowest BCUT2D eigenvalue weighted by atomic mass is 9.76. The van der Waals surface area contributed by atoms with Gasteiger partial charge in [-0.1, -0.05) is 11.6 Å². The van der Waals surface area contributed by atoms with E-state index in [1.54, 1.807) is 12.2 Å². The van der Waals surface area contributed by atoms with Crippen molar-refractivity contribution in [1.82, 2.24) is 0 Å². The summed E-state index contributed by atoms with van der Waals surface area (Å²) in [4.78, 5) is 13.9. The third-order valence-corrected chi connectivity index (χ3v) is 6.09. The first-order chi connectivity index (χ1) is 15.0. The third kappa shape index (κ3) is 2.61. The molecule has 0 saturated carbocycles. The number of allylic oxidation sites excluding steroid dienone is 1. The Labute approximate surface area is 185 Å². The number of ether oxygens (including phenoxy) is 3. The number of benzene rings is 2. The van der Waals surface area contributed by atoms with Gasteiger partial charge in [0.1, 0.15) is 39.9 Å². The maximum absolute atomic E-state index is 13.9. The van der Waals surface area contributed by atoms with Gasteiger partial charge in [0.25, 0.3) is 5.79 Å². The first-order valence-corrected chi connectivity index (χ1v) is 10.4. The Hall–Kier alpha value is -3.45. The van der Waals surface area contributed by atoms with Crippen LogP contribution >= 0.6 is 0 Å². The van der Waals surface area contributed by atoms with Crippen LogP contribution in [0.3, 0.4) is 0 Å². The van der Waals surface area contributed by atoms with Crippen molar-refractivity contribution < 1.29 is 34.3 Å². The summed E-state index contributed by atoms with van der Waals surface area (Å²) < 4.78 is 18.2. The van der Waals surface area contributed by atoms with E-state index in [1.807, 2.05) is 33.8 Å². The summed E-state index contributed by atoms with van der Waals surface area (Å²) in [6.07, 6.45) is 5.33. The minimum absolute atomic E-state index is 0.00452. The second-order valence-electron chi connectivity index (χ2n) is 9.22. The maximum Gasteiger partial charge on any atom is 0.286 e. The number of phenolic OH excluding ortho intramolecular Hbond substituents is 2. The maximum atomic E-state index is 13.9. The smallest absolute Gasteiger partial charge is 0.286 e. The average Bonchev–Trinajstić information content (AvgIpc) is 2.93. The van der Waals surface area contributed by atoms with Crippen LogP contribution in [0.15, 0.2) is 42.0 Å². The van der Waals surface area contributed by atoms with Crippen molar-refractivity contribution in [2.75, 3.05) is 0 Å². The highest BCUT2D eigenvalue weighted by Crippen LogP contribution is 2.59. The van der Waals surface area contributed by atoms with Crippen molar-refractivity contribution in [2.45, 2.75) is 51.1 Å². The quantitative estimate of drug-likeness (QED) is 0.606. The molecule has 3 heterocycles. The first-order valence-electron chi connectivity index (χ1n) is 10.4. The number of ketones is 1. The minimum Gasteiger partial charge on any atom is -0.508 e. The SMILES string of the molecule is CC(C)=CC[C@@]12Oc3cc(O)ccc3[C@]1(O)Oc1c3c(cc(O)c1C2=O)OC(C)(C)C=C3. The van der Waals surface area contributed by atoms with Gasteiger partial charge in [-0.3, -0.25) is 4.79 Å². The van der Waals surface area contributed by atoms with Gasteiger partial charge in [0.05, 0.1) is 11.1 Å². The molecular formula is C25H24O7. The van der Waals surface area contributed by atoms with Crippen LogP contribution in [0.4, 0.5) is 0 Å². The molecule has 0 fully saturated rings. The molecule has 0 radical (unpaired) electrons. The lowest BCUT2D eigenvalue weighted by molar-refractivity contribution is -0.221. The average molecular weight is 436 g/mol. The van der Waals surface area contributed by atoms with Gasteiger partial charge in [-0.15, -0.1) is 0 Å². The molecule has 2 aromatic rings. The lowest BCUT2D eigenvalue weighted by Gasteiger charge is -2.43. The highest BCUT2D eigenvalue weighted by molar-refractivity contribution is 6.11. The number of aliphatic hydroxyl groups is 1. The highest BCUT2D eigenvalue weighted by atomic mass is 16.7. The largest absolute Gasteiger partial charge is 0.508 e. The van der Waals surface area contributed by atoms with E-state index in [0.29, 0.717) is 11.3 Å². The molecule has 5 rings (SSSR count). The van der Waals surface area contributed by atoms with E-state index in [1.165, 1.54) is 24.3 Å². The van der Waals surface area contributed by atoms with E-state index in [2.05, 4.69) is 0 Å². The van der Waals surface area contributed by atoms with Crippen molar-refractivity contribution in [3.8, 4) is 28.7 Å². The zero-order valence-corrected chi connectivity index (χ0v) is 18.2. The van der Waals surface area contributed by atoms with E-state index >= 15 is 0 Å². The van der Waals surface area contributed by atoms with Gasteiger partial charge in [0.15, 0.2) is 0 Å². The molecule has 0 amide bonds. The van der Waals surface area contributed by atoms with Crippen LogP contribution in [0.1, 0.15) is 55.6 Å². The number of hydrogen-bond donors (Lipinski definition) is 3. The van der Waals surface area contributed by atoms with Crippen molar-refractivity contribution in [2.24, 2.45) is 0 Å². The fourth-order valence-corrected chi connectivity index (χ4v) is 4.46. The molecule has 2 atom stereocenters. The molecule has 166 valence electrons. The molecule has 0 saturated heterocycles. The summed E-state index contributed by atoms with van der Waals surface area (Å²) >= 11 is 0. The predicted octanol–water partition coefficient (Wildman–Crippen LogP) is 4.19. The molecular weight excluding hydrogens is 412 g/mol. The number of rotatable bonds is 2. The zero-order chi connectivity index (χ0) is 23.1. The summed E-state index contributed by atoms with van der Waals surface area (Å²) in [6, 6.07) is 5.58. The third-order valence-electron chi connectivity index (χ3n) is 6.09. The van der Waals surface area contributed by atoms with E-state index in [0.717, 1.165) is 5.57 Å². The molecule has 3 aliphatic rings. The fraction of sp³-hybridized carbons (Fsp3) is 0.320. The van der Waals surface area contributed by atoms with Crippen molar-refractivity contribution in [1.29, 1.82) is 0 Å². The second-order valence-corrected chi connectivity index (χ2v) is 9.22. The van der Waals surface area contributed by atoms with E-state index in [-0.39, 0.29) is 40.5 Å². The molecule has 0 bridgehead atoms. The second kappa shape index (κ2) is 6.29. The summed E-state index contributed by atoms with van der Waals surface area (Å²) in [5.41, 5.74) is -0.998. The van der Waals surface area contributed by atoms with Crippen molar-refractivity contribution in [3.05, 3.63) is 58.7 Å². The van der Waals surface area contributed by atoms with Crippen LogP contribution in [0.5, 0.6) is 28.7 Å². The van der Waals surface area contributed by atoms with Gasteiger partial charge in [-0.25, -0.2) is 0 Å². The molecule has 0 aromatic heterocycles. The van der Waals surface area contributed by atoms with Gasteiger partial charge >= 0.3 is 0 Å². The summed E-state index contributed by atoms with van der Waals surface area (Å²) in [6.45, 7) is 7.45. The van der Waals surface area contributed by atoms with Crippen LogP contribution in [-0.4, -0.2) is 32.3 Å². The Balaban J connectivity index is 1.78. The topological polar surface area (TPSA) is 105 Å². The van der Waals surface area contributed by atoms with Crippen molar-refractivity contribution >= 4 is 11.9 Å². The number of carbonyl (C=O) groups excluding carboxylic acids is 1. The summed E-state index contributed by atoms with van der Waals surface area (Å²) in [5, 5.41) is 32.7. The molecule has 32 heavy (non-hydrogen) atoms. The molecule has 2 aromatic carbocycles. The lowest BCUT2D eigenvalue weighted by Crippen LogP contribution is -2.62. The summed E-state index contributed by atoms with van der Waals surface area (Å²) in [5.74, 6) is -2.70. The molecule has 3 aliphatic heterocycles. The van der Waals surface area contributed by atoms with Gasteiger partial charge < -0.3 is 29.5 Å². The van der Waals surface area contributed by atoms with E-state index in [9.17, 15) is 20.1 Å². The first kappa shape index (κ1) is 20.5. The number of phenols is 2. The standard InChI is InChI=1S/C25H24O7/c1-13(2)7-10-24-22(28)20-17(27)12-18-15(8-9-23(3,4)30-18)21(20)32-25(24,29)16-6-5-14(26)11-19(16)31-24/h5-9,11-12,26-27,29H,10H2,1-4H3/t24-,25-/m0/s1. The summed E-state index contributed by atoms with van der Waals surface area (Å²) in [7, 11) is 0. The normalized spacial score (nSPS) is 26.0.